The molecule has 2 amide bonds. The van der Waals surface area contributed by atoms with E-state index in [0.29, 0.717) is 17.1 Å². The Kier molecular flexibility index (Phi) is 5.10. The summed E-state index contributed by atoms with van der Waals surface area (Å²) in [6.45, 7) is 2.00. The molecule has 0 aliphatic carbocycles. The zero-order valence-electron chi connectivity index (χ0n) is 14.2. The van der Waals surface area contributed by atoms with Gasteiger partial charge in [0, 0.05) is 5.69 Å². The molecule has 1 unspecified atom stereocenters. The van der Waals surface area contributed by atoms with Crippen molar-refractivity contribution >= 4 is 29.3 Å². The van der Waals surface area contributed by atoms with Crippen LogP contribution in [0.2, 0.25) is 0 Å². The Bertz CT molecular complexity index is 914. The van der Waals surface area contributed by atoms with Gasteiger partial charge in [-0.1, -0.05) is 59.8 Å². The quantitative estimate of drug-likeness (QED) is 0.668. The standard InChI is InChI=1S/C20H17N3O2S/c1-13-7-9-14(10-8-13)11-17-19(25)23(15-5-3-2-4-6-15)20(26-17)16(12-21)18(22)24/h2-10,17H,11H2,1H3,(H2,22,24). The van der Waals surface area contributed by atoms with Gasteiger partial charge in [0.05, 0.1) is 5.25 Å². The van der Waals surface area contributed by atoms with Gasteiger partial charge in [-0.15, -0.1) is 0 Å². The number of anilines is 1. The molecule has 6 heteroatoms. The lowest BCUT2D eigenvalue weighted by Crippen LogP contribution is -2.30. The molecule has 2 aromatic rings. The lowest BCUT2D eigenvalue weighted by molar-refractivity contribution is -0.117. The minimum atomic E-state index is -0.834. The second kappa shape index (κ2) is 7.46. The summed E-state index contributed by atoms with van der Waals surface area (Å²) in [7, 11) is 0. The summed E-state index contributed by atoms with van der Waals surface area (Å²) in [6, 6.07) is 18.8. The molecular weight excluding hydrogens is 346 g/mol. The van der Waals surface area contributed by atoms with Gasteiger partial charge < -0.3 is 5.73 Å². The van der Waals surface area contributed by atoms with Gasteiger partial charge in [0.25, 0.3) is 5.91 Å². The normalized spacial score (nSPS) is 18.5. The first-order valence-electron chi connectivity index (χ1n) is 8.06. The number of hydrogen-bond acceptors (Lipinski definition) is 4. The summed E-state index contributed by atoms with van der Waals surface area (Å²) in [6.07, 6.45) is 0.508. The molecule has 1 aliphatic heterocycles. The molecule has 2 aromatic carbocycles. The highest BCUT2D eigenvalue weighted by Crippen LogP contribution is 2.41. The van der Waals surface area contributed by atoms with E-state index in [2.05, 4.69) is 0 Å². The Balaban J connectivity index is 2.00. The number of aryl methyl sites for hydroxylation is 1. The zero-order chi connectivity index (χ0) is 18.7. The van der Waals surface area contributed by atoms with Crippen molar-refractivity contribution < 1.29 is 9.59 Å². The molecule has 0 aromatic heterocycles. The van der Waals surface area contributed by atoms with Gasteiger partial charge in [0.2, 0.25) is 5.91 Å². The zero-order valence-corrected chi connectivity index (χ0v) is 15.0. The fraction of sp³-hybridized carbons (Fsp3) is 0.150. The summed E-state index contributed by atoms with van der Waals surface area (Å²) >= 11 is 1.21. The summed E-state index contributed by atoms with van der Waals surface area (Å²) in [5.41, 5.74) is 7.94. The molecule has 0 radical (unpaired) electrons. The first-order valence-corrected chi connectivity index (χ1v) is 8.94. The molecule has 1 fully saturated rings. The minimum Gasteiger partial charge on any atom is -0.365 e. The average molecular weight is 363 g/mol. The van der Waals surface area contributed by atoms with Crippen LogP contribution in [0.1, 0.15) is 11.1 Å². The SMILES string of the molecule is Cc1ccc(CC2SC(=C(C#N)C(N)=O)N(c3ccccc3)C2=O)cc1. The van der Waals surface area contributed by atoms with Crippen LogP contribution >= 0.6 is 11.8 Å². The van der Waals surface area contributed by atoms with Crippen LogP contribution in [-0.4, -0.2) is 17.1 Å². The van der Waals surface area contributed by atoms with Crippen molar-refractivity contribution in [1.82, 2.24) is 0 Å². The highest BCUT2D eigenvalue weighted by molar-refractivity contribution is 8.05. The molecular formula is C20H17N3O2S. The molecule has 5 nitrogen and oxygen atoms in total. The van der Waals surface area contributed by atoms with Crippen LogP contribution in [0.15, 0.2) is 65.2 Å². The van der Waals surface area contributed by atoms with Gasteiger partial charge in [-0.2, -0.15) is 5.26 Å². The number of carbonyl (C=O) groups excluding carboxylic acids is 2. The maximum Gasteiger partial charge on any atom is 0.262 e. The van der Waals surface area contributed by atoms with E-state index in [1.54, 1.807) is 24.3 Å². The Morgan fingerprint density at radius 1 is 1.19 bits per heavy atom. The van der Waals surface area contributed by atoms with Crippen molar-refractivity contribution in [3.8, 4) is 6.07 Å². The number of nitriles is 1. The lowest BCUT2D eigenvalue weighted by Gasteiger charge is -2.18. The number of carbonyl (C=O) groups is 2. The molecule has 2 N–H and O–H groups in total. The van der Waals surface area contributed by atoms with E-state index >= 15 is 0 Å². The fourth-order valence-corrected chi connectivity index (χ4v) is 4.07. The first-order chi connectivity index (χ1) is 12.5. The molecule has 0 bridgehead atoms. The van der Waals surface area contributed by atoms with Crippen molar-refractivity contribution in [3.63, 3.8) is 0 Å². The van der Waals surface area contributed by atoms with Crippen molar-refractivity contribution in [3.05, 3.63) is 76.3 Å². The number of primary amides is 1. The van der Waals surface area contributed by atoms with Gasteiger partial charge in [0.1, 0.15) is 16.7 Å². The van der Waals surface area contributed by atoms with Gasteiger partial charge in [-0.25, -0.2) is 0 Å². The average Bonchev–Trinajstić information content (AvgIpc) is 2.94. The van der Waals surface area contributed by atoms with Gasteiger partial charge in [-0.3, -0.25) is 14.5 Å². The molecule has 1 heterocycles. The second-order valence-corrected chi connectivity index (χ2v) is 7.15. The largest absolute Gasteiger partial charge is 0.365 e. The maximum absolute atomic E-state index is 13.0. The summed E-state index contributed by atoms with van der Waals surface area (Å²) in [5, 5.41) is 9.23. The summed E-state index contributed by atoms with van der Waals surface area (Å²) in [5.74, 6) is -0.995. The van der Waals surface area contributed by atoms with Crippen LogP contribution in [0, 0.1) is 18.3 Å². The molecule has 1 saturated heterocycles. The van der Waals surface area contributed by atoms with E-state index in [1.165, 1.54) is 16.7 Å². The molecule has 3 rings (SSSR count). The van der Waals surface area contributed by atoms with E-state index in [-0.39, 0.29) is 11.5 Å². The van der Waals surface area contributed by atoms with E-state index < -0.39 is 11.2 Å². The maximum atomic E-state index is 13.0. The number of nitrogens with zero attached hydrogens (tertiary/aromatic N) is 2. The van der Waals surface area contributed by atoms with Gasteiger partial charge >= 0.3 is 0 Å². The third-order valence-electron chi connectivity index (χ3n) is 4.08. The van der Waals surface area contributed by atoms with Crippen molar-refractivity contribution in [1.29, 1.82) is 5.26 Å². The number of hydrogen-bond donors (Lipinski definition) is 1. The number of rotatable bonds is 4. The molecule has 26 heavy (non-hydrogen) atoms. The summed E-state index contributed by atoms with van der Waals surface area (Å²) < 4.78 is 0. The Morgan fingerprint density at radius 2 is 1.85 bits per heavy atom. The second-order valence-electron chi connectivity index (χ2n) is 5.96. The Hall–Kier alpha value is -3.04. The Labute approximate surface area is 156 Å². The van der Waals surface area contributed by atoms with E-state index in [1.807, 2.05) is 43.3 Å². The topological polar surface area (TPSA) is 87.2 Å². The molecule has 1 atom stereocenters. The molecule has 130 valence electrons. The first kappa shape index (κ1) is 17.8. The van der Waals surface area contributed by atoms with Gasteiger partial charge in [0.15, 0.2) is 0 Å². The predicted molar refractivity (Wildman–Crippen MR) is 102 cm³/mol. The smallest absolute Gasteiger partial charge is 0.262 e. The fourth-order valence-electron chi connectivity index (χ4n) is 2.75. The van der Waals surface area contributed by atoms with E-state index in [9.17, 15) is 14.9 Å². The minimum absolute atomic E-state index is 0.161. The number of para-hydroxylation sites is 1. The number of amides is 2. The van der Waals surface area contributed by atoms with Crippen molar-refractivity contribution in [2.24, 2.45) is 5.73 Å². The molecule has 0 spiro atoms. The van der Waals surface area contributed by atoms with Crippen LogP contribution in [-0.2, 0) is 16.0 Å². The van der Waals surface area contributed by atoms with E-state index in [4.69, 9.17) is 5.73 Å². The third-order valence-corrected chi connectivity index (χ3v) is 5.34. The monoisotopic (exact) mass is 363 g/mol. The predicted octanol–water partition coefficient (Wildman–Crippen LogP) is 2.91. The molecule has 0 saturated carbocycles. The van der Waals surface area contributed by atoms with Crippen LogP contribution in [0.4, 0.5) is 5.69 Å². The Morgan fingerprint density at radius 3 is 2.42 bits per heavy atom. The van der Waals surface area contributed by atoms with Gasteiger partial charge in [-0.05, 0) is 31.0 Å². The van der Waals surface area contributed by atoms with Crippen LogP contribution in [0.5, 0.6) is 0 Å². The third kappa shape index (κ3) is 3.48. The molecule has 1 aliphatic rings. The number of benzene rings is 2. The van der Waals surface area contributed by atoms with E-state index in [0.717, 1.165) is 11.1 Å². The van der Waals surface area contributed by atoms with Crippen LogP contribution in [0.3, 0.4) is 0 Å². The van der Waals surface area contributed by atoms with Crippen molar-refractivity contribution in [2.75, 3.05) is 4.90 Å². The lowest BCUT2D eigenvalue weighted by atomic mass is 10.1. The highest BCUT2D eigenvalue weighted by atomic mass is 32.2. The summed E-state index contributed by atoms with van der Waals surface area (Å²) in [4.78, 5) is 26.2. The van der Waals surface area contributed by atoms with Crippen LogP contribution in [0.25, 0.3) is 0 Å². The van der Waals surface area contributed by atoms with Crippen molar-refractivity contribution in [2.45, 2.75) is 18.6 Å². The highest BCUT2D eigenvalue weighted by Gasteiger charge is 2.40. The number of thioether (sulfide) groups is 1. The number of nitrogens with two attached hydrogens (primary N) is 1. The van der Waals surface area contributed by atoms with Crippen LogP contribution < -0.4 is 10.6 Å².